The van der Waals surface area contributed by atoms with E-state index in [4.69, 9.17) is 14.2 Å². The molecular weight excluding hydrogens is 260 g/mol. The van der Waals surface area contributed by atoms with Crippen molar-refractivity contribution in [2.75, 3.05) is 34.9 Å². The first-order valence-electron chi connectivity index (χ1n) is 6.37. The normalized spacial score (nSPS) is 10.0. The first-order chi connectivity index (χ1) is 9.67. The van der Waals surface area contributed by atoms with Gasteiger partial charge in [-0.3, -0.25) is 4.79 Å². The molecular formula is C14H22N2O4. The highest BCUT2D eigenvalue weighted by molar-refractivity contribution is 5.76. The topological polar surface area (TPSA) is 68.8 Å². The molecule has 0 spiro atoms. The van der Waals surface area contributed by atoms with Gasteiger partial charge in [-0.1, -0.05) is 0 Å². The highest BCUT2D eigenvalue weighted by Crippen LogP contribution is 2.39. The molecule has 6 heteroatoms. The SMILES string of the molecule is CNCCC(=O)NCc1ccc(OC)c(OC)c1OC. The zero-order chi connectivity index (χ0) is 15.0. The predicted molar refractivity (Wildman–Crippen MR) is 76.5 cm³/mol. The van der Waals surface area contributed by atoms with Gasteiger partial charge >= 0.3 is 0 Å². The number of nitrogens with one attached hydrogen (secondary N) is 2. The molecule has 0 unspecified atom stereocenters. The molecule has 6 nitrogen and oxygen atoms in total. The number of hydrogen-bond donors (Lipinski definition) is 2. The minimum atomic E-state index is -0.0174. The molecule has 0 aliphatic carbocycles. The third kappa shape index (κ3) is 4.03. The lowest BCUT2D eigenvalue weighted by atomic mass is 10.1. The van der Waals surface area contributed by atoms with E-state index in [1.807, 2.05) is 13.1 Å². The van der Waals surface area contributed by atoms with Crippen molar-refractivity contribution in [3.63, 3.8) is 0 Å². The van der Waals surface area contributed by atoms with Crippen LogP contribution in [-0.2, 0) is 11.3 Å². The molecule has 1 aromatic carbocycles. The maximum atomic E-state index is 11.6. The van der Waals surface area contributed by atoms with Crippen molar-refractivity contribution >= 4 is 5.91 Å². The van der Waals surface area contributed by atoms with Gasteiger partial charge in [-0.2, -0.15) is 0 Å². The van der Waals surface area contributed by atoms with E-state index in [1.165, 1.54) is 0 Å². The minimum Gasteiger partial charge on any atom is -0.493 e. The van der Waals surface area contributed by atoms with Crippen LogP contribution < -0.4 is 24.8 Å². The number of amides is 1. The van der Waals surface area contributed by atoms with Crippen molar-refractivity contribution in [1.82, 2.24) is 10.6 Å². The van der Waals surface area contributed by atoms with E-state index in [2.05, 4.69) is 10.6 Å². The molecule has 1 amide bonds. The van der Waals surface area contributed by atoms with Crippen LogP contribution in [0, 0.1) is 0 Å². The summed E-state index contributed by atoms with van der Waals surface area (Å²) in [7, 11) is 6.49. The van der Waals surface area contributed by atoms with Crippen LogP contribution in [0.1, 0.15) is 12.0 Å². The third-order valence-corrected chi connectivity index (χ3v) is 2.86. The Hall–Kier alpha value is -1.95. The van der Waals surface area contributed by atoms with Crippen molar-refractivity contribution in [3.05, 3.63) is 17.7 Å². The van der Waals surface area contributed by atoms with Gasteiger partial charge in [0, 0.05) is 25.1 Å². The van der Waals surface area contributed by atoms with Gasteiger partial charge in [-0.15, -0.1) is 0 Å². The summed E-state index contributed by atoms with van der Waals surface area (Å²) in [5.74, 6) is 1.67. The van der Waals surface area contributed by atoms with E-state index < -0.39 is 0 Å². The fourth-order valence-corrected chi connectivity index (χ4v) is 1.82. The quantitative estimate of drug-likeness (QED) is 0.742. The summed E-state index contributed by atoms with van der Waals surface area (Å²) in [6.07, 6.45) is 0.437. The van der Waals surface area contributed by atoms with E-state index in [-0.39, 0.29) is 5.91 Å². The van der Waals surface area contributed by atoms with Crippen LogP contribution in [0.3, 0.4) is 0 Å². The van der Waals surface area contributed by atoms with E-state index in [0.717, 1.165) is 5.56 Å². The van der Waals surface area contributed by atoms with Gasteiger partial charge in [0.15, 0.2) is 11.5 Å². The van der Waals surface area contributed by atoms with Gasteiger partial charge in [-0.25, -0.2) is 0 Å². The van der Waals surface area contributed by atoms with Gasteiger partial charge in [0.05, 0.1) is 21.3 Å². The monoisotopic (exact) mass is 282 g/mol. The number of hydrogen-bond acceptors (Lipinski definition) is 5. The molecule has 0 radical (unpaired) electrons. The van der Waals surface area contributed by atoms with Crippen LogP contribution in [0.25, 0.3) is 0 Å². The lowest BCUT2D eigenvalue weighted by Crippen LogP contribution is -2.26. The van der Waals surface area contributed by atoms with E-state index in [0.29, 0.717) is 36.8 Å². The summed E-state index contributed by atoms with van der Waals surface area (Å²) in [6, 6.07) is 3.63. The Morgan fingerprint density at radius 2 is 1.80 bits per heavy atom. The van der Waals surface area contributed by atoms with Gasteiger partial charge in [0.2, 0.25) is 11.7 Å². The van der Waals surface area contributed by atoms with Crippen LogP contribution in [0.4, 0.5) is 0 Å². The molecule has 0 atom stereocenters. The summed E-state index contributed by atoms with van der Waals surface area (Å²) < 4.78 is 15.9. The highest BCUT2D eigenvalue weighted by Gasteiger charge is 2.15. The lowest BCUT2D eigenvalue weighted by Gasteiger charge is -2.16. The third-order valence-electron chi connectivity index (χ3n) is 2.86. The largest absolute Gasteiger partial charge is 0.493 e. The molecule has 2 N–H and O–H groups in total. The number of rotatable bonds is 8. The van der Waals surface area contributed by atoms with Crippen LogP contribution in [-0.4, -0.2) is 40.8 Å². The van der Waals surface area contributed by atoms with Gasteiger partial charge in [0.1, 0.15) is 0 Å². The average Bonchev–Trinajstić information content (AvgIpc) is 2.49. The molecule has 0 aliphatic rings. The van der Waals surface area contributed by atoms with Crippen molar-refractivity contribution in [3.8, 4) is 17.2 Å². The molecule has 0 fully saturated rings. The number of methoxy groups -OCH3 is 3. The van der Waals surface area contributed by atoms with Crippen LogP contribution >= 0.6 is 0 Å². The predicted octanol–water partition coefficient (Wildman–Crippen LogP) is 0.938. The molecule has 1 aromatic rings. The Morgan fingerprint density at radius 1 is 1.10 bits per heavy atom. The first kappa shape index (κ1) is 16.1. The van der Waals surface area contributed by atoms with Crippen LogP contribution in [0.15, 0.2) is 12.1 Å². The zero-order valence-electron chi connectivity index (χ0n) is 12.4. The molecule has 0 saturated carbocycles. The van der Waals surface area contributed by atoms with Gasteiger partial charge in [0.25, 0.3) is 0 Å². The fraction of sp³-hybridized carbons (Fsp3) is 0.500. The number of carbonyl (C=O) groups is 1. The van der Waals surface area contributed by atoms with Crippen molar-refractivity contribution in [2.45, 2.75) is 13.0 Å². The number of benzene rings is 1. The second-order valence-electron chi connectivity index (χ2n) is 4.12. The summed E-state index contributed by atoms with van der Waals surface area (Å²) in [5, 5.41) is 5.77. The van der Waals surface area contributed by atoms with Crippen molar-refractivity contribution in [1.29, 1.82) is 0 Å². The minimum absolute atomic E-state index is 0.0174. The van der Waals surface area contributed by atoms with Crippen molar-refractivity contribution in [2.24, 2.45) is 0 Å². The van der Waals surface area contributed by atoms with Crippen molar-refractivity contribution < 1.29 is 19.0 Å². The Morgan fingerprint density at radius 3 is 2.35 bits per heavy atom. The second-order valence-corrected chi connectivity index (χ2v) is 4.12. The summed E-state index contributed by atoms with van der Waals surface area (Å²) in [5.41, 5.74) is 0.836. The molecule has 1 rings (SSSR count). The Kier molecular flexibility index (Phi) is 6.66. The summed E-state index contributed by atoms with van der Waals surface area (Å²) in [6.45, 7) is 1.03. The number of ether oxygens (including phenoxy) is 3. The lowest BCUT2D eigenvalue weighted by molar-refractivity contribution is -0.121. The summed E-state index contributed by atoms with van der Waals surface area (Å²) in [4.78, 5) is 11.6. The van der Waals surface area contributed by atoms with Crippen LogP contribution in [0.5, 0.6) is 17.2 Å². The van der Waals surface area contributed by atoms with E-state index >= 15 is 0 Å². The van der Waals surface area contributed by atoms with E-state index in [1.54, 1.807) is 27.4 Å². The maximum Gasteiger partial charge on any atom is 0.221 e. The van der Waals surface area contributed by atoms with Gasteiger partial charge < -0.3 is 24.8 Å². The van der Waals surface area contributed by atoms with E-state index in [9.17, 15) is 4.79 Å². The summed E-state index contributed by atoms with van der Waals surface area (Å²) >= 11 is 0. The second kappa shape index (κ2) is 8.27. The molecule has 0 bridgehead atoms. The Labute approximate surface area is 119 Å². The highest BCUT2D eigenvalue weighted by atomic mass is 16.5. The first-order valence-corrected chi connectivity index (χ1v) is 6.37. The number of carbonyl (C=O) groups excluding carboxylic acids is 1. The molecule has 0 saturated heterocycles. The molecule has 0 heterocycles. The molecule has 20 heavy (non-hydrogen) atoms. The van der Waals surface area contributed by atoms with Crippen LogP contribution in [0.2, 0.25) is 0 Å². The van der Waals surface area contributed by atoms with Gasteiger partial charge in [-0.05, 0) is 19.2 Å². The molecule has 112 valence electrons. The molecule has 0 aromatic heterocycles. The fourth-order valence-electron chi connectivity index (χ4n) is 1.82. The smallest absolute Gasteiger partial charge is 0.221 e. The standard InChI is InChI=1S/C14H22N2O4/c1-15-8-7-12(17)16-9-10-5-6-11(18-2)14(20-4)13(10)19-3/h5-6,15H,7-9H2,1-4H3,(H,16,17). The molecule has 0 aliphatic heterocycles. The Bertz CT molecular complexity index is 449. The maximum absolute atomic E-state index is 11.6. The Balaban J connectivity index is 2.82. The average molecular weight is 282 g/mol. The zero-order valence-corrected chi connectivity index (χ0v) is 12.4.